The lowest BCUT2D eigenvalue weighted by atomic mass is 9.63. The van der Waals surface area contributed by atoms with E-state index in [1.807, 2.05) is 30.3 Å². The maximum atomic E-state index is 6.34. The van der Waals surface area contributed by atoms with Gasteiger partial charge in [0.25, 0.3) is 0 Å². The number of para-hydroxylation sites is 1. The molecular formula is C29H26N4O2S. The second-order valence-corrected chi connectivity index (χ2v) is 11.0. The molecule has 36 heavy (non-hydrogen) atoms. The number of nitrogens with zero attached hydrogens (tertiary/aromatic N) is 3. The van der Waals surface area contributed by atoms with Crippen LogP contribution >= 0.6 is 11.3 Å². The number of rotatable bonds is 6. The van der Waals surface area contributed by atoms with Gasteiger partial charge in [0.15, 0.2) is 0 Å². The summed E-state index contributed by atoms with van der Waals surface area (Å²) in [6, 6.07) is 25.4. The van der Waals surface area contributed by atoms with Crippen molar-refractivity contribution in [3.05, 3.63) is 88.9 Å². The molecule has 2 aliphatic rings. The van der Waals surface area contributed by atoms with Crippen LogP contribution in [-0.2, 0) is 12.0 Å². The Morgan fingerprint density at radius 1 is 1.00 bits per heavy atom. The van der Waals surface area contributed by atoms with Gasteiger partial charge >= 0.3 is 6.01 Å². The SMILES string of the molecule is Nc1nnc(-c2ccc(OCc3nc4ccccc4s3)cc2C2(c3ccccc3)CC3CCC2C3)o1. The molecule has 0 aliphatic heterocycles. The Hall–Kier alpha value is -3.71. The van der Waals surface area contributed by atoms with Gasteiger partial charge in [-0.25, -0.2) is 4.98 Å². The van der Waals surface area contributed by atoms with E-state index < -0.39 is 0 Å². The lowest BCUT2D eigenvalue weighted by Crippen LogP contribution is -2.34. The molecule has 0 spiro atoms. The number of nitrogens with two attached hydrogens (primary N) is 1. The molecule has 180 valence electrons. The summed E-state index contributed by atoms with van der Waals surface area (Å²) in [5.74, 6) is 2.56. The second kappa shape index (κ2) is 8.45. The fraction of sp³-hybridized carbons (Fsp3) is 0.276. The summed E-state index contributed by atoms with van der Waals surface area (Å²) in [5.41, 5.74) is 10.2. The number of thiazole rings is 1. The number of ether oxygens (including phenoxy) is 1. The van der Waals surface area contributed by atoms with Crippen molar-refractivity contribution in [3.8, 4) is 17.2 Å². The van der Waals surface area contributed by atoms with Crippen LogP contribution in [0, 0.1) is 11.8 Å². The van der Waals surface area contributed by atoms with E-state index in [0.29, 0.717) is 18.4 Å². The highest BCUT2D eigenvalue weighted by Gasteiger charge is 2.53. The zero-order chi connectivity index (χ0) is 24.1. The zero-order valence-electron chi connectivity index (χ0n) is 19.8. The van der Waals surface area contributed by atoms with Crippen LogP contribution in [0.25, 0.3) is 21.7 Å². The largest absolute Gasteiger partial charge is 0.486 e. The summed E-state index contributed by atoms with van der Waals surface area (Å²) < 4.78 is 13.2. The molecule has 3 atom stereocenters. The van der Waals surface area contributed by atoms with Crippen molar-refractivity contribution in [2.75, 3.05) is 5.73 Å². The van der Waals surface area contributed by atoms with E-state index in [2.05, 4.69) is 52.7 Å². The lowest BCUT2D eigenvalue weighted by Gasteiger charge is -2.40. The summed E-state index contributed by atoms with van der Waals surface area (Å²) in [5, 5.41) is 9.17. The van der Waals surface area contributed by atoms with Crippen molar-refractivity contribution in [3.63, 3.8) is 0 Å². The summed E-state index contributed by atoms with van der Waals surface area (Å²) in [4.78, 5) is 4.73. The maximum Gasteiger partial charge on any atom is 0.313 e. The van der Waals surface area contributed by atoms with Crippen LogP contribution in [0.3, 0.4) is 0 Å². The number of nitrogen functional groups attached to an aromatic ring is 1. The Balaban J connectivity index is 1.32. The molecule has 2 bridgehead atoms. The van der Waals surface area contributed by atoms with Crippen LogP contribution in [0.1, 0.15) is 41.8 Å². The number of fused-ring (bicyclic) bond motifs is 3. The maximum absolute atomic E-state index is 6.34. The molecule has 2 heterocycles. The van der Waals surface area contributed by atoms with Crippen molar-refractivity contribution in [1.29, 1.82) is 0 Å². The Labute approximate surface area is 213 Å². The first-order chi connectivity index (χ1) is 17.7. The first-order valence-corrected chi connectivity index (χ1v) is 13.3. The van der Waals surface area contributed by atoms with Crippen molar-refractivity contribution in [2.24, 2.45) is 11.8 Å². The molecule has 2 saturated carbocycles. The number of hydrogen-bond donors (Lipinski definition) is 1. The van der Waals surface area contributed by atoms with Gasteiger partial charge in [0.05, 0.1) is 10.2 Å². The Morgan fingerprint density at radius 3 is 2.61 bits per heavy atom. The van der Waals surface area contributed by atoms with Crippen molar-refractivity contribution < 1.29 is 9.15 Å². The minimum absolute atomic E-state index is 0.0776. The molecule has 6 nitrogen and oxygen atoms in total. The molecule has 2 aromatic heterocycles. The number of benzene rings is 3. The van der Waals surface area contributed by atoms with Crippen LogP contribution in [0.2, 0.25) is 0 Å². The Morgan fingerprint density at radius 2 is 1.86 bits per heavy atom. The van der Waals surface area contributed by atoms with E-state index in [4.69, 9.17) is 19.9 Å². The van der Waals surface area contributed by atoms with Crippen LogP contribution in [0.15, 0.2) is 77.2 Å². The van der Waals surface area contributed by atoms with E-state index in [1.54, 1.807) is 11.3 Å². The molecular weight excluding hydrogens is 468 g/mol. The van der Waals surface area contributed by atoms with E-state index in [0.717, 1.165) is 34.2 Å². The topological polar surface area (TPSA) is 87.1 Å². The normalized spacial score (nSPS) is 22.9. The van der Waals surface area contributed by atoms with Crippen LogP contribution < -0.4 is 10.5 Å². The molecule has 5 aromatic rings. The first kappa shape index (κ1) is 21.6. The van der Waals surface area contributed by atoms with Gasteiger partial charge in [-0.1, -0.05) is 54.0 Å². The first-order valence-electron chi connectivity index (χ1n) is 12.5. The summed E-state index contributed by atoms with van der Waals surface area (Å²) in [7, 11) is 0. The number of anilines is 1. The predicted octanol–water partition coefficient (Wildman–Crippen LogP) is 6.61. The molecule has 2 N–H and O–H groups in total. The lowest BCUT2D eigenvalue weighted by molar-refractivity contribution is 0.299. The minimum Gasteiger partial charge on any atom is -0.486 e. The fourth-order valence-corrected chi connectivity index (χ4v) is 7.42. The highest BCUT2D eigenvalue weighted by molar-refractivity contribution is 7.18. The highest BCUT2D eigenvalue weighted by atomic mass is 32.1. The third-order valence-electron chi connectivity index (χ3n) is 7.98. The van der Waals surface area contributed by atoms with Gasteiger partial charge < -0.3 is 14.9 Å². The Bertz CT molecular complexity index is 1510. The van der Waals surface area contributed by atoms with Crippen molar-refractivity contribution >= 4 is 27.6 Å². The van der Waals surface area contributed by atoms with Gasteiger partial charge in [-0.2, -0.15) is 0 Å². The summed E-state index contributed by atoms with van der Waals surface area (Å²) >= 11 is 1.67. The van der Waals surface area contributed by atoms with Gasteiger partial charge in [0.2, 0.25) is 5.89 Å². The molecule has 2 aliphatic carbocycles. The molecule has 3 unspecified atom stereocenters. The monoisotopic (exact) mass is 494 g/mol. The third kappa shape index (κ3) is 3.49. The molecule has 0 radical (unpaired) electrons. The average Bonchev–Trinajstić information content (AvgIpc) is 3.71. The van der Waals surface area contributed by atoms with E-state index in [9.17, 15) is 0 Å². The smallest absolute Gasteiger partial charge is 0.313 e. The van der Waals surface area contributed by atoms with Crippen molar-refractivity contribution in [1.82, 2.24) is 15.2 Å². The van der Waals surface area contributed by atoms with Crippen LogP contribution in [0.4, 0.5) is 6.01 Å². The van der Waals surface area contributed by atoms with Crippen LogP contribution in [0.5, 0.6) is 5.75 Å². The summed E-state index contributed by atoms with van der Waals surface area (Å²) in [6.07, 6.45) is 4.88. The van der Waals surface area contributed by atoms with Gasteiger partial charge in [0.1, 0.15) is 17.4 Å². The quantitative estimate of drug-likeness (QED) is 0.286. The van der Waals surface area contributed by atoms with Gasteiger partial charge in [-0.05, 0) is 72.6 Å². The standard InChI is InChI=1S/C29H26N4O2S/c30-28-33-32-27(35-28)22-13-12-21(34-17-26-31-24-8-4-5-9-25(24)36-26)15-23(22)29(19-6-2-1-3-7-19)16-18-10-11-20(29)14-18/h1-9,12-13,15,18,20H,10-11,14,16-17H2,(H2,30,33). The molecule has 7 rings (SSSR count). The zero-order valence-corrected chi connectivity index (χ0v) is 20.6. The highest BCUT2D eigenvalue weighted by Crippen LogP contribution is 2.61. The van der Waals surface area contributed by atoms with Crippen molar-refractivity contribution in [2.45, 2.75) is 37.7 Å². The van der Waals surface area contributed by atoms with Gasteiger partial charge in [-0.15, -0.1) is 16.4 Å². The average molecular weight is 495 g/mol. The van der Waals surface area contributed by atoms with E-state index >= 15 is 0 Å². The second-order valence-electron chi connectivity index (χ2n) is 9.93. The molecule has 0 saturated heterocycles. The molecule has 2 fully saturated rings. The minimum atomic E-state index is -0.127. The molecule has 7 heteroatoms. The molecule has 3 aromatic carbocycles. The Kier molecular flexibility index (Phi) is 5.06. The predicted molar refractivity (Wildman–Crippen MR) is 141 cm³/mol. The number of aromatic nitrogens is 3. The van der Waals surface area contributed by atoms with E-state index in [-0.39, 0.29) is 11.4 Å². The molecule has 0 amide bonds. The fourth-order valence-electron chi connectivity index (χ4n) is 6.54. The van der Waals surface area contributed by atoms with Gasteiger partial charge in [-0.3, -0.25) is 0 Å². The summed E-state index contributed by atoms with van der Waals surface area (Å²) in [6.45, 7) is 0.427. The third-order valence-corrected chi connectivity index (χ3v) is 8.99. The van der Waals surface area contributed by atoms with Crippen LogP contribution in [-0.4, -0.2) is 15.2 Å². The number of hydrogen-bond acceptors (Lipinski definition) is 7. The van der Waals surface area contributed by atoms with E-state index in [1.165, 1.54) is 35.1 Å². The van der Waals surface area contributed by atoms with Gasteiger partial charge in [0, 0.05) is 11.0 Å².